The number of thiophene rings is 1. The fourth-order valence-corrected chi connectivity index (χ4v) is 8.65. The highest BCUT2D eigenvalue weighted by Gasteiger charge is 2.29. The van der Waals surface area contributed by atoms with Crippen LogP contribution in [0.1, 0.15) is 45.4 Å². The summed E-state index contributed by atoms with van der Waals surface area (Å²) in [6.07, 6.45) is 4.49. The number of H-pyrrole nitrogens is 1. The van der Waals surface area contributed by atoms with E-state index >= 15 is 0 Å². The standard InChI is InChI=1S/C27H34N4O2S3/c1-5-31(36(32,33)24-10-7-15-34-24)23-9-6-8-19-16-22(29-25(19)23)26-28-17-21(35-26)18-30-13-11-20(12-14-30)27(2,3)4/h6-10,15-17,20,29H,5,11-14,18H2,1-4H3. The number of hydrogen-bond donors (Lipinski definition) is 1. The summed E-state index contributed by atoms with van der Waals surface area (Å²) < 4.78 is 28.5. The van der Waals surface area contributed by atoms with Crippen LogP contribution in [0.3, 0.4) is 0 Å². The number of nitrogens with zero attached hydrogens (tertiary/aromatic N) is 3. The van der Waals surface area contributed by atoms with E-state index in [1.807, 2.05) is 31.3 Å². The molecule has 1 fully saturated rings. The summed E-state index contributed by atoms with van der Waals surface area (Å²) in [6.45, 7) is 12.5. The second kappa shape index (κ2) is 9.93. The third kappa shape index (κ3) is 4.98. The van der Waals surface area contributed by atoms with Crippen molar-refractivity contribution in [1.82, 2.24) is 14.9 Å². The lowest BCUT2D eigenvalue weighted by Crippen LogP contribution is -2.37. The van der Waals surface area contributed by atoms with Crippen LogP contribution < -0.4 is 4.31 Å². The molecule has 0 saturated carbocycles. The molecule has 9 heteroatoms. The number of rotatable bonds is 7. The first-order valence-electron chi connectivity index (χ1n) is 12.5. The van der Waals surface area contributed by atoms with Crippen molar-refractivity contribution in [3.63, 3.8) is 0 Å². The molecule has 0 spiro atoms. The Labute approximate surface area is 222 Å². The van der Waals surface area contributed by atoms with E-state index in [0.29, 0.717) is 21.9 Å². The Morgan fingerprint density at radius 2 is 1.94 bits per heavy atom. The number of aromatic amines is 1. The van der Waals surface area contributed by atoms with Crippen LogP contribution in [0, 0.1) is 11.3 Å². The quantitative estimate of drug-likeness (QED) is 0.278. The van der Waals surface area contributed by atoms with Gasteiger partial charge in [0.25, 0.3) is 10.0 Å². The van der Waals surface area contributed by atoms with E-state index in [1.54, 1.807) is 28.8 Å². The van der Waals surface area contributed by atoms with Gasteiger partial charge in [-0.2, -0.15) is 0 Å². The lowest BCUT2D eigenvalue weighted by atomic mass is 9.75. The minimum atomic E-state index is -3.62. The maximum absolute atomic E-state index is 13.3. The number of anilines is 1. The number of aromatic nitrogens is 2. The highest BCUT2D eigenvalue weighted by molar-refractivity contribution is 7.94. The zero-order valence-electron chi connectivity index (χ0n) is 21.3. The van der Waals surface area contributed by atoms with Crippen molar-refractivity contribution >= 4 is 49.3 Å². The molecule has 0 aliphatic carbocycles. The van der Waals surface area contributed by atoms with Gasteiger partial charge in [-0.05, 0) is 67.8 Å². The van der Waals surface area contributed by atoms with Crippen LogP contribution in [0.15, 0.2) is 52.2 Å². The van der Waals surface area contributed by atoms with Crippen molar-refractivity contribution in [2.75, 3.05) is 23.9 Å². The summed E-state index contributed by atoms with van der Waals surface area (Å²) in [5.74, 6) is 0.789. The zero-order chi connectivity index (χ0) is 25.5. The Morgan fingerprint density at radius 1 is 1.17 bits per heavy atom. The van der Waals surface area contributed by atoms with E-state index < -0.39 is 10.0 Å². The minimum Gasteiger partial charge on any atom is -0.351 e. The Morgan fingerprint density at radius 3 is 2.61 bits per heavy atom. The second-order valence-corrected chi connectivity index (χ2v) is 14.7. The van der Waals surface area contributed by atoms with E-state index in [2.05, 4.69) is 36.7 Å². The number of sulfonamides is 1. The lowest BCUT2D eigenvalue weighted by molar-refractivity contribution is 0.108. The van der Waals surface area contributed by atoms with Crippen molar-refractivity contribution in [3.8, 4) is 10.7 Å². The van der Waals surface area contributed by atoms with Crippen LogP contribution in [-0.4, -0.2) is 42.9 Å². The largest absolute Gasteiger partial charge is 0.351 e. The number of nitrogens with one attached hydrogen (secondary N) is 1. The third-order valence-corrected chi connectivity index (χ3v) is 11.5. The van der Waals surface area contributed by atoms with E-state index in [1.165, 1.54) is 33.4 Å². The Hall–Kier alpha value is -2.20. The van der Waals surface area contributed by atoms with Gasteiger partial charge in [-0.25, -0.2) is 13.4 Å². The van der Waals surface area contributed by atoms with Gasteiger partial charge in [0, 0.05) is 29.5 Å². The smallest absolute Gasteiger partial charge is 0.273 e. The first-order valence-corrected chi connectivity index (χ1v) is 15.7. The SMILES string of the molecule is CCN(c1cccc2cc(-c3ncc(CN4CCC(C(C)(C)C)CC4)s3)[nH]c12)S(=O)(=O)c1cccs1. The Kier molecular flexibility index (Phi) is 7.02. The van der Waals surface area contributed by atoms with Gasteiger partial charge in [0.2, 0.25) is 0 Å². The second-order valence-electron chi connectivity index (χ2n) is 10.6. The fourth-order valence-electron chi connectivity index (χ4n) is 5.13. The van der Waals surface area contributed by atoms with Crippen molar-refractivity contribution in [3.05, 3.63) is 52.9 Å². The highest BCUT2D eigenvalue weighted by Crippen LogP contribution is 2.37. The van der Waals surface area contributed by atoms with Crippen LogP contribution in [0.25, 0.3) is 21.6 Å². The average Bonchev–Trinajstić information content (AvgIpc) is 3.60. The molecule has 1 aliphatic rings. The van der Waals surface area contributed by atoms with Crippen LogP contribution in [0.2, 0.25) is 0 Å². The first-order chi connectivity index (χ1) is 17.2. The van der Waals surface area contributed by atoms with Crippen molar-refractivity contribution in [2.45, 2.75) is 51.3 Å². The van der Waals surface area contributed by atoms with Crippen LogP contribution in [0.5, 0.6) is 0 Å². The summed E-state index contributed by atoms with van der Waals surface area (Å²) in [6, 6.07) is 11.3. The molecule has 1 saturated heterocycles. The highest BCUT2D eigenvalue weighted by atomic mass is 32.2. The summed E-state index contributed by atoms with van der Waals surface area (Å²) in [5, 5.41) is 3.70. The molecule has 0 amide bonds. The van der Waals surface area contributed by atoms with Gasteiger partial charge < -0.3 is 4.98 Å². The van der Waals surface area contributed by atoms with E-state index in [0.717, 1.165) is 47.2 Å². The number of piperidine rings is 1. The number of hydrogen-bond acceptors (Lipinski definition) is 6. The number of thiazole rings is 1. The van der Waals surface area contributed by atoms with Crippen molar-refractivity contribution in [1.29, 1.82) is 0 Å². The molecule has 192 valence electrons. The van der Waals surface area contributed by atoms with Crippen LogP contribution >= 0.6 is 22.7 Å². The molecule has 36 heavy (non-hydrogen) atoms. The normalized spacial score (nSPS) is 16.1. The van der Waals surface area contributed by atoms with Crippen LogP contribution in [0.4, 0.5) is 5.69 Å². The van der Waals surface area contributed by atoms with Gasteiger partial charge in [-0.15, -0.1) is 22.7 Å². The zero-order valence-corrected chi connectivity index (χ0v) is 23.8. The third-order valence-electron chi connectivity index (χ3n) is 7.21. The van der Waals surface area contributed by atoms with Gasteiger partial charge in [-0.3, -0.25) is 9.21 Å². The molecule has 5 rings (SSSR count). The predicted molar refractivity (Wildman–Crippen MR) is 151 cm³/mol. The van der Waals surface area contributed by atoms with Crippen LogP contribution in [-0.2, 0) is 16.6 Å². The molecule has 4 aromatic rings. The lowest BCUT2D eigenvalue weighted by Gasteiger charge is -2.38. The molecule has 1 N–H and O–H groups in total. The van der Waals surface area contributed by atoms with Gasteiger partial charge >= 0.3 is 0 Å². The molecule has 4 heterocycles. The minimum absolute atomic E-state index is 0.348. The molecule has 3 aromatic heterocycles. The molecule has 1 aliphatic heterocycles. The molecule has 6 nitrogen and oxygen atoms in total. The van der Waals surface area contributed by atoms with E-state index in [-0.39, 0.29) is 0 Å². The number of fused-ring (bicyclic) bond motifs is 1. The summed E-state index contributed by atoms with van der Waals surface area (Å²) >= 11 is 2.95. The Balaban J connectivity index is 1.37. The molecular weight excluding hydrogens is 509 g/mol. The van der Waals surface area contributed by atoms with Crippen molar-refractivity contribution in [2.24, 2.45) is 11.3 Å². The summed E-state index contributed by atoms with van der Waals surface area (Å²) in [4.78, 5) is 12.0. The topological polar surface area (TPSA) is 69.3 Å². The molecule has 1 aromatic carbocycles. The van der Waals surface area contributed by atoms with Crippen molar-refractivity contribution < 1.29 is 8.42 Å². The summed E-state index contributed by atoms with van der Waals surface area (Å²) in [5.41, 5.74) is 2.78. The van der Waals surface area contributed by atoms with Gasteiger partial charge in [0.1, 0.15) is 9.22 Å². The van der Waals surface area contributed by atoms with Gasteiger partial charge in [-0.1, -0.05) is 39.0 Å². The predicted octanol–water partition coefficient (Wildman–Crippen LogP) is 6.83. The number of likely N-dealkylation sites (tertiary alicyclic amines) is 1. The molecular formula is C27H34N4O2S3. The monoisotopic (exact) mass is 542 g/mol. The van der Waals surface area contributed by atoms with E-state index in [4.69, 9.17) is 4.98 Å². The van der Waals surface area contributed by atoms with Gasteiger partial charge in [0.15, 0.2) is 0 Å². The maximum Gasteiger partial charge on any atom is 0.273 e. The average molecular weight is 543 g/mol. The number of benzene rings is 1. The Bertz CT molecular complexity index is 1420. The molecule has 0 unspecified atom stereocenters. The molecule has 0 atom stereocenters. The molecule has 0 bridgehead atoms. The van der Waals surface area contributed by atoms with Gasteiger partial charge in [0.05, 0.1) is 16.9 Å². The summed E-state index contributed by atoms with van der Waals surface area (Å²) in [7, 11) is -3.62. The van der Waals surface area contributed by atoms with E-state index in [9.17, 15) is 8.42 Å². The number of para-hydroxylation sites is 1. The maximum atomic E-state index is 13.3. The molecule has 0 radical (unpaired) electrons. The first kappa shape index (κ1) is 25.4. The fraction of sp³-hybridized carbons (Fsp3) is 0.444.